The molecule has 0 aliphatic carbocycles. The Balaban J connectivity index is 1.90. The largest absolute Gasteiger partial charge is 0.394 e. The van der Waals surface area contributed by atoms with Crippen molar-refractivity contribution in [3.8, 4) is 0 Å². The van der Waals surface area contributed by atoms with E-state index in [2.05, 4.69) is 4.90 Å². The topological polar surface area (TPSA) is 79.1 Å². The van der Waals surface area contributed by atoms with Crippen molar-refractivity contribution in [2.45, 2.75) is 0 Å². The Kier molecular flexibility index (Phi) is 6.38. The number of piperazine rings is 1. The Morgan fingerprint density at radius 2 is 2.00 bits per heavy atom. The number of anilines is 1. The summed E-state index contributed by atoms with van der Waals surface area (Å²) in [5, 5.41) is 20.2. The average molecular weight is 330 g/mol. The monoisotopic (exact) mass is 329 g/mol. The third-order valence-corrected chi connectivity index (χ3v) is 3.87. The fourth-order valence-corrected chi connectivity index (χ4v) is 2.65. The van der Waals surface area contributed by atoms with Crippen LogP contribution in [0.15, 0.2) is 18.2 Å². The van der Waals surface area contributed by atoms with E-state index in [1.54, 1.807) is 12.1 Å². The second-order valence-corrected chi connectivity index (χ2v) is 5.49. The summed E-state index contributed by atoms with van der Waals surface area (Å²) in [5.41, 5.74) is 0.665. The van der Waals surface area contributed by atoms with Gasteiger partial charge in [-0.3, -0.25) is 15.0 Å². The maximum absolute atomic E-state index is 11.2. The van der Waals surface area contributed by atoms with Crippen LogP contribution in [0.25, 0.3) is 0 Å². The van der Waals surface area contributed by atoms with Gasteiger partial charge in [0, 0.05) is 43.8 Å². The first-order chi connectivity index (χ1) is 10.6. The van der Waals surface area contributed by atoms with Crippen LogP contribution in [-0.4, -0.2) is 67.5 Å². The van der Waals surface area contributed by atoms with Gasteiger partial charge >= 0.3 is 0 Å². The minimum atomic E-state index is -0.393. The highest BCUT2D eigenvalue weighted by Crippen LogP contribution is 2.31. The van der Waals surface area contributed by atoms with Crippen LogP contribution in [0.3, 0.4) is 0 Å². The van der Waals surface area contributed by atoms with E-state index in [0.717, 1.165) is 32.7 Å². The molecule has 2 rings (SSSR count). The molecule has 8 heteroatoms. The fraction of sp³-hybridized carbons (Fsp3) is 0.571. The minimum absolute atomic E-state index is 0.0357. The number of benzene rings is 1. The average Bonchev–Trinajstić information content (AvgIpc) is 2.52. The molecule has 122 valence electrons. The number of nitro groups is 1. The van der Waals surface area contributed by atoms with Gasteiger partial charge in [0.1, 0.15) is 5.69 Å². The smallest absolute Gasteiger partial charge is 0.294 e. The number of rotatable bonds is 7. The van der Waals surface area contributed by atoms with Gasteiger partial charge in [0.15, 0.2) is 0 Å². The van der Waals surface area contributed by atoms with Crippen LogP contribution in [0.4, 0.5) is 11.4 Å². The van der Waals surface area contributed by atoms with Crippen molar-refractivity contribution in [1.29, 1.82) is 0 Å². The van der Waals surface area contributed by atoms with E-state index in [0.29, 0.717) is 23.9 Å². The molecule has 0 saturated carbocycles. The minimum Gasteiger partial charge on any atom is -0.394 e. The number of hydrogen-bond acceptors (Lipinski definition) is 6. The molecule has 1 aromatic carbocycles. The first kappa shape index (κ1) is 17.0. The van der Waals surface area contributed by atoms with Crippen LogP contribution in [0.5, 0.6) is 0 Å². The SMILES string of the molecule is O=[N+]([O-])c1cc(Cl)ccc1N1CCN(CCOCCO)CC1. The standard InChI is InChI=1S/C14H20ClN3O4/c15-12-1-2-13(14(11-12)18(20)21)17-5-3-16(4-6-17)7-9-22-10-8-19/h1-2,11,19H,3-10H2. The number of ether oxygens (including phenoxy) is 1. The third kappa shape index (κ3) is 4.54. The normalized spacial score (nSPS) is 16.0. The first-order valence-corrected chi connectivity index (χ1v) is 7.59. The van der Waals surface area contributed by atoms with Gasteiger partial charge in [-0.2, -0.15) is 0 Å². The lowest BCUT2D eigenvalue weighted by Crippen LogP contribution is -2.47. The van der Waals surface area contributed by atoms with Crippen LogP contribution in [0, 0.1) is 10.1 Å². The molecule has 0 unspecified atom stereocenters. The van der Waals surface area contributed by atoms with E-state index in [1.165, 1.54) is 6.07 Å². The zero-order valence-electron chi connectivity index (χ0n) is 12.3. The van der Waals surface area contributed by atoms with Crippen molar-refractivity contribution in [1.82, 2.24) is 4.90 Å². The van der Waals surface area contributed by atoms with E-state index in [1.807, 2.05) is 4.90 Å². The summed E-state index contributed by atoms with van der Waals surface area (Å²) in [5.74, 6) is 0. The number of nitrogens with zero attached hydrogens (tertiary/aromatic N) is 3. The molecule has 1 aliphatic rings. The van der Waals surface area contributed by atoms with Gasteiger partial charge in [0.25, 0.3) is 5.69 Å². The van der Waals surface area contributed by atoms with Gasteiger partial charge < -0.3 is 14.7 Å². The number of aliphatic hydroxyl groups excluding tert-OH is 1. The molecule has 0 bridgehead atoms. The number of halogens is 1. The molecule has 0 radical (unpaired) electrons. The number of hydrogen-bond donors (Lipinski definition) is 1. The van der Waals surface area contributed by atoms with Gasteiger partial charge in [-0.05, 0) is 12.1 Å². The summed E-state index contributed by atoms with van der Waals surface area (Å²) >= 11 is 5.84. The molecule has 0 spiro atoms. The van der Waals surface area contributed by atoms with Crippen LogP contribution in [-0.2, 0) is 4.74 Å². The highest BCUT2D eigenvalue weighted by molar-refractivity contribution is 6.30. The van der Waals surface area contributed by atoms with Crippen molar-refractivity contribution in [3.63, 3.8) is 0 Å². The summed E-state index contributed by atoms with van der Waals surface area (Å²) in [6.45, 7) is 4.87. The Labute approximate surface area is 134 Å². The molecule has 0 amide bonds. The highest BCUT2D eigenvalue weighted by atomic mass is 35.5. The summed E-state index contributed by atoms with van der Waals surface area (Å²) in [7, 11) is 0. The summed E-state index contributed by atoms with van der Waals surface area (Å²) in [6.07, 6.45) is 0. The lowest BCUT2D eigenvalue weighted by atomic mass is 10.2. The molecule has 1 heterocycles. The lowest BCUT2D eigenvalue weighted by molar-refractivity contribution is -0.384. The van der Waals surface area contributed by atoms with Crippen molar-refractivity contribution in [2.75, 3.05) is 57.4 Å². The molecule has 1 aromatic rings. The van der Waals surface area contributed by atoms with Gasteiger partial charge in [-0.15, -0.1) is 0 Å². The molecule has 22 heavy (non-hydrogen) atoms. The van der Waals surface area contributed by atoms with Gasteiger partial charge in [-0.25, -0.2) is 0 Å². The van der Waals surface area contributed by atoms with Crippen LogP contribution in [0.1, 0.15) is 0 Å². The molecule has 1 fully saturated rings. The predicted molar refractivity (Wildman–Crippen MR) is 84.7 cm³/mol. The Morgan fingerprint density at radius 3 is 2.64 bits per heavy atom. The molecule has 1 N–H and O–H groups in total. The van der Waals surface area contributed by atoms with Crippen LogP contribution < -0.4 is 4.90 Å². The van der Waals surface area contributed by atoms with Crippen LogP contribution in [0.2, 0.25) is 5.02 Å². The zero-order chi connectivity index (χ0) is 15.9. The second kappa shape index (κ2) is 8.28. The maximum Gasteiger partial charge on any atom is 0.294 e. The lowest BCUT2D eigenvalue weighted by Gasteiger charge is -2.35. The second-order valence-electron chi connectivity index (χ2n) is 5.05. The zero-order valence-corrected chi connectivity index (χ0v) is 13.0. The van der Waals surface area contributed by atoms with Crippen LogP contribution >= 0.6 is 11.6 Å². The first-order valence-electron chi connectivity index (χ1n) is 7.21. The predicted octanol–water partition coefficient (Wildman–Crippen LogP) is 1.38. The number of aliphatic hydroxyl groups is 1. The molecule has 1 aliphatic heterocycles. The van der Waals surface area contributed by atoms with Gasteiger partial charge in [0.05, 0.1) is 24.7 Å². The Hall–Kier alpha value is -1.41. The summed E-state index contributed by atoms with van der Waals surface area (Å²) in [4.78, 5) is 15.0. The van der Waals surface area contributed by atoms with Crippen molar-refractivity contribution >= 4 is 23.0 Å². The fourth-order valence-electron chi connectivity index (χ4n) is 2.48. The Bertz CT molecular complexity index is 507. The van der Waals surface area contributed by atoms with E-state index in [-0.39, 0.29) is 12.3 Å². The quantitative estimate of drug-likeness (QED) is 0.462. The van der Waals surface area contributed by atoms with Crippen molar-refractivity contribution in [2.24, 2.45) is 0 Å². The molecular formula is C14H20ClN3O4. The van der Waals surface area contributed by atoms with E-state index in [4.69, 9.17) is 21.4 Å². The Morgan fingerprint density at radius 1 is 1.27 bits per heavy atom. The van der Waals surface area contributed by atoms with Crippen molar-refractivity contribution < 1.29 is 14.8 Å². The van der Waals surface area contributed by atoms with Gasteiger partial charge in [-0.1, -0.05) is 11.6 Å². The van der Waals surface area contributed by atoms with Gasteiger partial charge in [0.2, 0.25) is 0 Å². The summed E-state index contributed by atoms with van der Waals surface area (Å²) in [6, 6.07) is 4.78. The molecular weight excluding hydrogens is 310 g/mol. The van der Waals surface area contributed by atoms with E-state index < -0.39 is 4.92 Å². The molecule has 0 atom stereocenters. The third-order valence-electron chi connectivity index (χ3n) is 3.63. The summed E-state index contributed by atoms with van der Waals surface area (Å²) < 4.78 is 5.25. The molecule has 7 nitrogen and oxygen atoms in total. The molecule has 1 saturated heterocycles. The molecule has 0 aromatic heterocycles. The van der Waals surface area contributed by atoms with E-state index >= 15 is 0 Å². The van der Waals surface area contributed by atoms with Crippen molar-refractivity contribution in [3.05, 3.63) is 33.3 Å². The van der Waals surface area contributed by atoms with E-state index in [9.17, 15) is 10.1 Å². The maximum atomic E-state index is 11.2. The number of nitro benzene ring substituents is 1. The highest BCUT2D eigenvalue weighted by Gasteiger charge is 2.23.